The van der Waals surface area contributed by atoms with Gasteiger partial charge in [0.25, 0.3) is 0 Å². The molecule has 3 heterocycles. The SMILES string of the molecule is Cc1nnc([C@H]2CCCN(Cc3nonc3C)[C@H]2C)o1. The molecule has 2 aromatic rings. The number of hydrogen-bond acceptors (Lipinski definition) is 7. The minimum atomic E-state index is 0.283. The lowest BCUT2D eigenvalue weighted by Gasteiger charge is -2.37. The van der Waals surface area contributed by atoms with E-state index in [1.165, 1.54) is 0 Å². The Bertz CT molecular complexity index is 579. The summed E-state index contributed by atoms with van der Waals surface area (Å²) in [5, 5.41) is 15.9. The van der Waals surface area contributed by atoms with Crippen molar-refractivity contribution in [3.8, 4) is 0 Å². The first-order chi connectivity index (χ1) is 9.65. The number of nitrogens with zero attached hydrogens (tertiary/aromatic N) is 5. The molecule has 0 saturated carbocycles. The van der Waals surface area contributed by atoms with Crippen LogP contribution in [0.2, 0.25) is 0 Å². The monoisotopic (exact) mass is 277 g/mol. The molecule has 2 aromatic heterocycles. The highest BCUT2D eigenvalue weighted by molar-refractivity contribution is 5.06. The molecule has 0 N–H and O–H groups in total. The number of hydrogen-bond donors (Lipinski definition) is 0. The van der Waals surface area contributed by atoms with Gasteiger partial charge in [-0.25, -0.2) is 4.63 Å². The summed E-state index contributed by atoms with van der Waals surface area (Å²) < 4.78 is 10.4. The molecular weight excluding hydrogens is 258 g/mol. The third-order valence-electron chi connectivity index (χ3n) is 4.08. The van der Waals surface area contributed by atoms with E-state index < -0.39 is 0 Å². The number of aryl methyl sites for hydroxylation is 2. The highest BCUT2D eigenvalue weighted by Gasteiger charge is 2.33. The van der Waals surface area contributed by atoms with Crippen LogP contribution in [-0.2, 0) is 6.54 Å². The quantitative estimate of drug-likeness (QED) is 0.846. The zero-order chi connectivity index (χ0) is 14.1. The van der Waals surface area contributed by atoms with Crippen LogP contribution in [-0.4, -0.2) is 38.0 Å². The fourth-order valence-corrected chi connectivity index (χ4v) is 2.81. The molecule has 108 valence electrons. The Morgan fingerprint density at radius 2 is 2.10 bits per heavy atom. The molecular formula is C13H19N5O2. The Morgan fingerprint density at radius 1 is 1.25 bits per heavy atom. The Morgan fingerprint density at radius 3 is 2.75 bits per heavy atom. The van der Waals surface area contributed by atoms with E-state index in [1.54, 1.807) is 0 Å². The van der Waals surface area contributed by atoms with Crippen LogP contribution >= 0.6 is 0 Å². The summed E-state index contributed by atoms with van der Waals surface area (Å²) in [4.78, 5) is 2.38. The van der Waals surface area contributed by atoms with Gasteiger partial charge in [-0.15, -0.1) is 10.2 Å². The lowest BCUT2D eigenvalue weighted by atomic mass is 9.90. The molecule has 0 bridgehead atoms. The second-order valence-electron chi connectivity index (χ2n) is 5.42. The number of rotatable bonds is 3. The Hall–Kier alpha value is -1.76. The van der Waals surface area contributed by atoms with Gasteiger partial charge >= 0.3 is 0 Å². The maximum atomic E-state index is 5.61. The second-order valence-corrected chi connectivity index (χ2v) is 5.42. The maximum absolute atomic E-state index is 5.61. The summed E-state index contributed by atoms with van der Waals surface area (Å²) in [6, 6.07) is 0.333. The van der Waals surface area contributed by atoms with Crippen LogP contribution in [0, 0.1) is 13.8 Å². The second kappa shape index (κ2) is 5.32. The van der Waals surface area contributed by atoms with Crippen molar-refractivity contribution in [1.29, 1.82) is 0 Å². The van der Waals surface area contributed by atoms with E-state index in [9.17, 15) is 0 Å². The summed E-state index contributed by atoms with van der Waals surface area (Å²) >= 11 is 0. The number of aromatic nitrogens is 4. The molecule has 0 amide bonds. The normalized spacial score (nSPS) is 24.1. The fourth-order valence-electron chi connectivity index (χ4n) is 2.81. The summed E-state index contributed by atoms with van der Waals surface area (Å²) in [6.07, 6.45) is 2.19. The van der Waals surface area contributed by atoms with Crippen molar-refractivity contribution in [3.63, 3.8) is 0 Å². The highest BCUT2D eigenvalue weighted by atomic mass is 16.6. The van der Waals surface area contributed by atoms with Crippen LogP contribution in [0.1, 0.15) is 48.9 Å². The minimum Gasteiger partial charge on any atom is -0.425 e. The van der Waals surface area contributed by atoms with Crippen molar-refractivity contribution in [2.45, 2.75) is 52.1 Å². The first-order valence-electron chi connectivity index (χ1n) is 6.97. The first-order valence-corrected chi connectivity index (χ1v) is 6.97. The van der Waals surface area contributed by atoms with Crippen molar-refractivity contribution in [3.05, 3.63) is 23.2 Å². The molecule has 2 atom stereocenters. The molecule has 0 spiro atoms. The molecule has 1 aliphatic heterocycles. The van der Waals surface area contributed by atoms with Crippen molar-refractivity contribution in [1.82, 2.24) is 25.4 Å². The predicted molar refractivity (Wildman–Crippen MR) is 69.9 cm³/mol. The van der Waals surface area contributed by atoms with Gasteiger partial charge in [0.05, 0.1) is 5.92 Å². The largest absolute Gasteiger partial charge is 0.425 e. The van der Waals surface area contributed by atoms with Crippen molar-refractivity contribution < 1.29 is 9.05 Å². The van der Waals surface area contributed by atoms with Gasteiger partial charge in [0.15, 0.2) is 0 Å². The zero-order valence-corrected chi connectivity index (χ0v) is 12.0. The van der Waals surface area contributed by atoms with Gasteiger partial charge in [0, 0.05) is 19.5 Å². The first kappa shape index (κ1) is 13.2. The predicted octanol–water partition coefficient (Wildman–Crippen LogP) is 1.84. The lowest BCUT2D eigenvalue weighted by molar-refractivity contribution is 0.115. The van der Waals surface area contributed by atoms with Crippen LogP contribution in [0.15, 0.2) is 9.05 Å². The summed E-state index contributed by atoms with van der Waals surface area (Å²) in [5.41, 5.74) is 1.76. The molecule has 0 radical (unpaired) electrons. The van der Waals surface area contributed by atoms with Crippen molar-refractivity contribution >= 4 is 0 Å². The Balaban J connectivity index is 1.75. The zero-order valence-electron chi connectivity index (χ0n) is 12.0. The van der Waals surface area contributed by atoms with E-state index in [0.717, 1.165) is 43.2 Å². The van der Waals surface area contributed by atoms with Gasteiger partial charge in [-0.3, -0.25) is 4.90 Å². The average Bonchev–Trinajstić information content (AvgIpc) is 3.02. The van der Waals surface area contributed by atoms with E-state index >= 15 is 0 Å². The van der Waals surface area contributed by atoms with E-state index in [1.807, 2.05) is 13.8 Å². The summed E-state index contributed by atoms with van der Waals surface area (Å²) in [5.74, 6) is 1.65. The van der Waals surface area contributed by atoms with Crippen LogP contribution in [0.25, 0.3) is 0 Å². The van der Waals surface area contributed by atoms with E-state index in [0.29, 0.717) is 11.9 Å². The molecule has 7 heteroatoms. The van der Waals surface area contributed by atoms with Crippen molar-refractivity contribution in [2.24, 2.45) is 0 Å². The number of likely N-dealkylation sites (tertiary alicyclic amines) is 1. The molecule has 7 nitrogen and oxygen atoms in total. The van der Waals surface area contributed by atoms with Crippen LogP contribution in [0.5, 0.6) is 0 Å². The van der Waals surface area contributed by atoms with Gasteiger partial charge < -0.3 is 4.42 Å². The van der Waals surface area contributed by atoms with E-state index in [4.69, 9.17) is 9.05 Å². The lowest BCUT2D eigenvalue weighted by Crippen LogP contribution is -2.42. The molecule has 0 aromatic carbocycles. The molecule has 0 aliphatic carbocycles. The Labute approximate surface area is 117 Å². The van der Waals surface area contributed by atoms with Crippen LogP contribution < -0.4 is 0 Å². The van der Waals surface area contributed by atoms with Gasteiger partial charge in [-0.05, 0) is 33.2 Å². The molecule has 20 heavy (non-hydrogen) atoms. The molecule has 3 rings (SSSR count). The Kier molecular flexibility index (Phi) is 3.52. The third kappa shape index (κ3) is 2.45. The van der Waals surface area contributed by atoms with Crippen LogP contribution in [0.3, 0.4) is 0 Å². The topological polar surface area (TPSA) is 81.1 Å². The molecule has 0 unspecified atom stereocenters. The highest BCUT2D eigenvalue weighted by Crippen LogP contribution is 2.32. The summed E-state index contributed by atoms with van der Waals surface area (Å²) in [7, 11) is 0. The molecule has 1 aliphatic rings. The number of piperidine rings is 1. The van der Waals surface area contributed by atoms with Gasteiger partial charge in [0.1, 0.15) is 11.4 Å². The fraction of sp³-hybridized carbons (Fsp3) is 0.692. The van der Waals surface area contributed by atoms with Crippen molar-refractivity contribution in [2.75, 3.05) is 6.54 Å². The van der Waals surface area contributed by atoms with Gasteiger partial charge in [0.2, 0.25) is 11.8 Å². The molecule has 1 saturated heterocycles. The minimum absolute atomic E-state index is 0.283. The van der Waals surface area contributed by atoms with E-state index in [-0.39, 0.29) is 5.92 Å². The summed E-state index contributed by atoms with van der Waals surface area (Å²) in [6.45, 7) is 7.73. The third-order valence-corrected chi connectivity index (χ3v) is 4.08. The average molecular weight is 277 g/mol. The van der Waals surface area contributed by atoms with Gasteiger partial charge in [-0.2, -0.15) is 0 Å². The van der Waals surface area contributed by atoms with Gasteiger partial charge in [-0.1, -0.05) is 10.3 Å². The standard InChI is InChI=1S/C13H19N5O2/c1-8-12(17-20-16-8)7-18-6-4-5-11(9(18)2)13-15-14-10(3)19-13/h9,11H,4-7H2,1-3H3/t9-,11-/m0/s1. The smallest absolute Gasteiger partial charge is 0.221 e. The van der Waals surface area contributed by atoms with Crippen LogP contribution in [0.4, 0.5) is 0 Å². The van der Waals surface area contributed by atoms with E-state index in [2.05, 4.69) is 32.3 Å². The molecule has 1 fully saturated rings. The maximum Gasteiger partial charge on any atom is 0.221 e.